The van der Waals surface area contributed by atoms with Gasteiger partial charge < -0.3 is 15.5 Å². The summed E-state index contributed by atoms with van der Waals surface area (Å²) >= 11 is 6.40. The summed E-state index contributed by atoms with van der Waals surface area (Å²) in [5.41, 5.74) is 11.4. The Morgan fingerprint density at radius 1 is 1.00 bits per heavy atom. The van der Waals surface area contributed by atoms with Crippen LogP contribution in [0.15, 0.2) is 48.5 Å². The van der Waals surface area contributed by atoms with Crippen LogP contribution in [-0.4, -0.2) is 18.6 Å². The highest BCUT2D eigenvalue weighted by atomic mass is 35.5. The molecule has 0 fully saturated rings. The van der Waals surface area contributed by atoms with Crippen molar-refractivity contribution in [3.05, 3.63) is 64.7 Å². The number of rotatable bonds is 6. The zero-order chi connectivity index (χ0) is 19.7. The van der Waals surface area contributed by atoms with Gasteiger partial charge >= 0.3 is 0 Å². The number of ether oxygens (including phenoxy) is 1. The standard InChI is InChI=1S/C24H25ClN2O/c1-15-21(25)13-12-19-18(9-5-6-14-26)23(27-22(15)19)20-11-10-16-7-3-4-8-17(16)24(20)28-2/h3-4,7-8,10-13,27H,5-6,9,14,26H2,1-2H3. The molecule has 0 aliphatic rings. The molecule has 0 spiro atoms. The van der Waals surface area contributed by atoms with E-state index in [1.807, 2.05) is 18.2 Å². The van der Waals surface area contributed by atoms with Crippen LogP contribution < -0.4 is 10.5 Å². The van der Waals surface area contributed by atoms with Crippen LogP contribution in [0.4, 0.5) is 0 Å². The Labute approximate surface area is 170 Å². The molecule has 0 saturated carbocycles. The summed E-state index contributed by atoms with van der Waals surface area (Å²) < 4.78 is 5.88. The lowest BCUT2D eigenvalue weighted by Gasteiger charge is -2.13. The van der Waals surface area contributed by atoms with E-state index in [0.717, 1.165) is 57.8 Å². The van der Waals surface area contributed by atoms with Crippen molar-refractivity contribution in [1.82, 2.24) is 4.98 Å². The first-order valence-corrected chi connectivity index (χ1v) is 10.1. The number of hydrogen-bond donors (Lipinski definition) is 2. The van der Waals surface area contributed by atoms with Gasteiger partial charge in [0.2, 0.25) is 0 Å². The molecule has 3 nitrogen and oxygen atoms in total. The number of fused-ring (bicyclic) bond motifs is 2. The van der Waals surface area contributed by atoms with Gasteiger partial charge in [0, 0.05) is 21.4 Å². The number of benzene rings is 3. The molecule has 0 amide bonds. The van der Waals surface area contributed by atoms with Gasteiger partial charge in [0.05, 0.1) is 18.3 Å². The van der Waals surface area contributed by atoms with E-state index in [-0.39, 0.29) is 0 Å². The van der Waals surface area contributed by atoms with Crippen LogP contribution >= 0.6 is 11.6 Å². The number of aromatic nitrogens is 1. The maximum atomic E-state index is 6.40. The molecule has 28 heavy (non-hydrogen) atoms. The summed E-state index contributed by atoms with van der Waals surface area (Å²) in [5.74, 6) is 0.897. The number of unbranched alkanes of at least 4 members (excludes halogenated alkanes) is 1. The Kier molecular flexibility index (Phi) is 5.29. The van der Waals surface area contributed by atoms with Crippen LogP contribution in [0.2, 0.25) is 5.02 Å². The molecular formula is C24H25ClN2O. The number of hydrogen-bond acceptors (Lipinski definition) is 2. The van der Waals surface area contributed by atoms with Crippen LogP contribution in [0.5, 0.6) is 5.75 Å². The second-order valence-electron chi connectivity index (χ2n) is 7.19. The van der Waals surface area contributed by atoms with Crippen LogP contribution in [-0.2, 0) is 6.42 Å². The van der Waals surface area contributed by atoms with Gasteiger partial charge in [-0.25, -0.2) is 0 Å². The number of nitrogens with two attached hydrogens (primary N) is 1. The molecule has 0 unspecified atom stereocenters. The Balaban J connectivity index is 1.98. The number of H-pyrrole nitrogens is 1. The average Bonchev–Trinajstić information content (AvgIpc) is 3.09. The van der Waals surface area contributed by atoms with Crippen molar-refractivity contribution < 1.29 is 4.74 Å². The monoisotopic (exact) mass is 392 g/mol. The summed E-state index contributed by atoms with van der Waals surface area (Å²) in [4.78, 5) is 3.66. The predicted molar refractivity (Wildman–Crippen MR) is 120 cm³/mol. The lowest BCUT2D eigenvalue weighted by atomic mass is 9.97. The lowest BCUT2D eigenvalue weighted by Crippen LogP contribution is -1.99. The van der Waals surface area contributed by atoms with Gasteiger partial charge in [0.15, 0.2) is 0 Å². The van der Waals surface area contributed by atoms with Crippen molar-refractivity contribution in [2.75, 3.05) is 13.7 Å². The molecule has 0 radical (unpaired) electrons. The number of halogens is 1. The molecule has 1 aromatic heterocycles. The van der Waals surface area contributed by atoms with Crippen molar-refractivity contribution in [3.8, 4) is 17.0 Å². The van der Waals surface area contributed by atoms with E-state index in [2.05, 4.69) is 42.2 Å². The van der Waals surface area contributed by atoms with E-state index >= 15 is 0 Å². The normalized spacial score (nSPS) is 11.4. The van der Waals surface area contributed by atoms with E-state index in [1.165, 1.54) is 16.3 Å². The largest absolute Gasteiger partial charge is 0.495 e. The molecule has 0 aliphatic heterocycles. The van der Waals surface area contributed by atoms with Gasteiger partial charge in [-0.3, -0.25) is 0 Å². The quantitative estimate of drug-likeness (QED) is 0.381. The van der Waals surface area contributed by atoms with Gasteiger partial charge in [0.25, 0.3) is 0 Å². The number of nitrogens with one attached hydrogen (secondary N) is 1. The Bertz CT molecular complexity index is 1150. The first-order valence-electron chi connectivity index (χ1n) is 9.71. The zero-order valence-electron chi connectivity index (χ0n) is 16.3. The molecule has 4 rings (SSSR count). The zero-order valence-corrected chi connectivity index (χ0v) is 17.1. The highest BCUT2D eigenvalue weighted by molar-refractivity contribution is 6.32. The lowest BCUT2D eigenvalue weighted by molar-refractivity contribution is 0.421. The Morgan fingerprint density at radius 3 is 2.61 bits per heavy atom. The molecule has 3 aromatic carbocycles. The molecule has 0 bridgehead atoms. The fourth-order valence-electron chi connectivity index (χ4n) is 4.03. The van der Waals surface area contributed by atoms with Crippen LogP contribution in [0, 0.1) is 6.92 Å². The topological polar surface area (TPSA) is 51.0 Å². The van der Waals surface area contributed by atoms with Crippen molar-refractivity contribution >= 4 is 33.3 Å². The van der Waals surface area contributed by atoms with Crippen LogP contribution in [0.25, 0.3) is 32.9 Å². The summed E-state index contributed by atoms with van der Waals surface area (Å²) in [5, 5.41) is 4.29. The van der Waals surface area contributed by atoms with Crippen molar-refractivity contribution in [1.29, 1.82) is 0 Å². The fraction of sp³-hybridized carbons (Fsp3) is 0.250. The highest BCUT2D eigenvalue weighted by Gasteiger charge is 2.19. The van der Waals surface area contributed by atoms with Gasteiger partial charge in [0.1, 0.15) is 5.75 Å². The summed E-state index contributed by atoms with van der Waals surface area (Å²) in [6, 6.07) is 16.7. The first-order chi connectivity index (χ1) is 13.7. The Hall–Kier alpha value is -2.49. The van der Waals surface area contributed by atoms with E-state index in [9.17, 15) is 0 Å². The SMILES string of the molecule is COc1c(-c2[nH]c3c(C)c(Cl)ccc3c2CCCCN)ccc2ccccc12. The number of methoxy groups -OCH3 is 1. The molecule has 4 aromatic rings. The smallest absolute Gasteiger partial charge is 0.136 e. The minimum absolute atomic E-state index is 0.710. The minimum Gasteiger partial charge on any atom is -0.495 e. The van der Waals surface area contributed by atoms with Crippen molar-refractivity contribution in [2.45, 2.75) is 26.2 Å². The van der Waals surface area contributed by atoms with Gasteiger partial charge in [-0.15, -0.1) is 0 Å². The molecule has 0 saturated heterocycles. The third-order valence-corrected chi connectivity index (χ3v) is 5.92. The maximum absolute atomic E-state index is 6.40. The number of aromatic amines is 1. The third kappa shape index (κ3) is 3.15. The van der Waals surface area contributed by atoms with E-state index in [0.29, 0.717) is 6.54 Å². The van der Waals surface area contributed by atoms with Gasteiger partial charge in [-0.05, 0) is 61.4 Å². The number of aryl methyl sites for hydroxylation is 2. The van der Waals surface area contributed by atoms with Crippen LogP contribution in [0.3, 0.4) is 0 Å². The second-order valence-corrected chi connectivity index (χ2v) is 7.59. The van der Waals surface area contributed by atoms with Gasteiger partial charge in [-0.1, -0.05) is 48.0 Å². The molecule has 144 valence electrons. The van der Waals surface area contributed by atoms with Crippen molar-refractivity contribution in [3.63, 3.8) is 0 Å². The average molecular weight is 393 g/mol. The molecule has 0 aliphatic carbocycles. The Morgan fingerprint density at radius 2 is 1.82 bits per heavy atom. The highest BCUT2D eigenvalue weighted by Crippen LogP contribution is 2.41. The van der Waals surface area contributed by atoms with E-state index in [4.69, 9.17) is 22.1 Å². The molecule has 3 N–H and O–H groups in total. The van der Waals surface area contributed by atoms with Gasteiger partial charge in [-0.2, -0.15) is 0 Å². The van der Waals surface area contributed by atoms with E-state index < -0.39 is 0 Å². The maximum Gasteiger partial charge on any atom is 0.136 e. The van der Waals surface area contributed by atoms with Crippen molar-refractivity contribution in [2.24, 2.45) is 5.73 Å². The molecule has 4 heteroatoms. The fourth-order valence-corrected chi connectivity index (χ4v) is 4.19. The minimum atomic E-state index is 0.710. The molecular weight excluding hydrogens is 368 g/mol. The molecule has 0 atom stereocenters. The predicted octanol–water partition coefficient (Wildman–Crippen LogP) is 6.24. The summed E-state index contributed by atoms with van der Waals surface area (Å²) in [6.45, 7) is 2.77. The summed E-state index contributed by atoms with van der Waals surface area (Å²) in [7, 11) is 1.74. The summed E-state index contributed by atoms with van der Waals surface area (Å²) in [6.07, 6.45) is 3.02. The molecule has 1 heterocycles. The second kappa shape index (κ2) is 7.86. The van der Waals surface area contributed by atoms with E-state index in [1.54, 1.807) is 7.11 Å². The third-order valence-electron chi connectivity index (χ3n) is 5.51. The first kappa shape index (κ1) is 18.9. The van der Waals surface area contributed by atoms with Crippen LogP contribution in [0.1, 0.15) is 24.0 Å².